The minimum absolute atomic E-state index is 0.0722. The molecule has 0 aromatic carbocycles. The van der Waals surface area contributed by atoms with E-state index in [1.54, 1.807) is 37.3 Å². The molecule has 92 valence electrons. The number of thiocarbonyl (C=S) groups is 1. The highest BCUT2D eigenvalue weighted by Crippen LogP contribution is 2.06. The fourth-order valence-corrected chi connectivity index (χ4v) is 1.33. The van der Waals surface area contributed by atoms with Crippen molar-refractivity contribution in [3.63, 3.8) is 0 Å². The van der Waals surface area contributed by atoms with Crippen molar-refractivity contribution >= 4 is 28.9 Å². The van der Waals surface area contributed by atoms with E-state index in [1.807, 2.05) is 0 Å². The van der Waals surface area contributed by atoms with Crippen LogP contribution in [0, 0.1) is 0 Å². The van der Waals surface area contributed by atoms with E-state index in [2.05, 4.69) is 10.3 Å². The van der Waals surface area contributed by atoms with Gasteiger partial charge in [-0.2, -0.15) is 0 Å². The van der Waals surface area contributed by atoms with Crippen LogP contribution in [0.4, 0.5) is 5.82 Å². The van der Waals surface area contributed by atoms with E-state index in [1.165, 1.54) is 0 Å². The number of amides is 1. The molecule has 0 spiro atoms. The van der Waals surface area contributed by atoms with Crippen molar-refractivity contribution in [1.29, 1.82) is 0 Å². The van der Waals surface area contributed by atoms with E-state index in [0.717, 1.165) is 5.56 Å². The predicted octanol–water partition coefficient (Wildman–Crippen LogP) is 0.606. The Kier molecular flexibility index (Phi) is 4.84. The van der Waals surface area contributed by atoms with Crippen molar-refractivity contribution in [1.82, 2.24) is 9.88 Å². The molecule has 0 aliphatic heterocycles. The molecule has 1 heterocycles. The number of nitrogens with two attached hydrogens (primary N) is 1. The summed E-state index contributed by atoms with van der Waals surface area (Å²) in [5.41, 5.74) is 6.27. The van der Waals surface area contributed by atoms with Crippen LogP contribution in [-0.2, 0) is 4.79 Å². The van der Waals surface area contributed by atoms with E-state index >= 15 is 0 Å². The molecule has 1 amide bonds. The van der Waals surface area contributed by atoms with Crippen molar-refractivity contribution in [2.75, 3.05) is 26.0 Å². The van der Waals surface area contributed by atoms with Crippen molar-refractivity contribution < 1.29 is 4.79 Å². The smallest absolute Gasteiger partial charge is 0.223 e. The lowest BCUT2D eigenvalue weighted by Gasteiger charge is -2.11. The minimum atomic E-state index is 0.0722. The highest BCUT2D eigenvalue weighted by Gasteiger charge is 2.04. The highest BCUT2D eigenvalue weighted by molar-refractivity contribution is 7.80. The molecule has 0 saturated carbocycles. The third kappa shape index (κ3) is 4.36. The SMILES string of the molecule is CN(C)C(=O)CCNc1cc(C(N)=S)ccn1. The zero-order valence-electron chi connectivity index (χ0n) is 9.93. The molecule has 0 atom stereocenters. The average molecular weight is 252 g/mol. The number of carbonyl (C=O) groups excluding carboxylic acids is 1. The lowest BCUT2D eigenvalue weighted by molar-refractivity contribution is -0.128. The van der Waals surface area contributed by atoms with E-state index in [9.17, 15) is 4.79 Å². The summed E-state index contributed by atoms with van der Waals surface area (Å²) in [6.07, 6.45) is 2.05. The van der Waals surface area contributed by atoms with Crippen LogP contribution in [0.1, 0.15) is 12.0 Å². The molecular weight excluding hydrogens is 236 g/mol. The van der Waals surface area contributed by atoms with Gasteiger partial charge >= 0.3 is 0 Å². The topological polar surface area (TPSA) is 71.2 Å². The first-order valence-corrected chi connectivity index (χ1v) is 5.61. The Balaban J connectivity index is 2.50. The van der Waals surface area contributed by atoms with Gasteiger partial charge in [0.2, 0.25) is 5.91 Å². The van der Waals surface area contributed by atoms with E-state index < -0.39 is 0 Å². The molecule has 5 nitrogen and oxygen atoms in total. The molecule has 3 N–H and O–H groups in total. The van der Waals surface area contributed by atoms with Crippen LogP contribution in [0.3, 0.4) is 0 Å². The molecule has 0 bridgehead atoms. The van der Waals surface area contributed by atoms with Crippen molar-refractivity contribution in [3.8, 4) is 0 Å². The van der Waals surface area contributed by atoms with Gasteiger partial charge in [0.25, 0.3) is 0 Å². The third-order valence-corrected chi connectivity index (χ3v) is 2.42. The largest absolute Gasteiger partial charge is 0.389 e. The Morgan fingerprint density at radius 1 is 1.59 bits per heavy atom. The quantitative estimate of drug-likeness (QED) is 0.751. The monoisotopic (exact) mass is 252 g/mol. The molecule has 1 aromatic heterocycles. The zero-order valence-corrected chi connectivity index (χ0v) is 10.8. The summed E-state index contributed by atoms with van der Waals surface area (Å²) in [4.78, 5) is 17.3. The standard InChI is InChI=1S/C11H16N4OS/c1-15(2)10(16)4-6-14-9-7-8(11(12)17)3-5-13-9/h3,5,7H,4,6H2,1-2H3,(H2,12,17)(H,13,14). The van der Waals surface area contributed by atoms with Crippen LogP contribution in [0.25, 0.3) is 0 Å². The van der Waals surface area contributed by atoms with Gasteiger partial charge in [-0.25, -0.2) is 4.98 Å². The summed E-state index contributed by atoms with van der Waals surface area (Å²) < 4.78 is 0. The first-order chi connectivity index (χ1) is 8.00. The second-order valence-electron chi connectivity index (χ2n) is 3.76. The summed E-state index contributed by atoms with van der Waals surface area (Å²) in [6, 6.07) is 3.51. The van der Waals surface area contributed by atoms with Crippen LogP contribution in [0.15, 0.2) is 18.3 Å². The van der Waals surface area contributed by atoms with Crippen LogP contribution in [0.2, 0.25) is 0 Å². The lowest BCUT2D eigenvalue weighted by atomic mass is 10.2. The predicted molar refractivity (Wildman–Crippen MR) is 71.9 cm³/mol. The second-order valence-corrected chi connectivity index (χ2v) is 4.20. The lowest BCUT2D eigenvalue weighted by Crippen LogP contribution is -2.24. The fraction of sp³-hybridized carbons (Fsp3) is 0.364. The molecule has 0 radical (unpaired) electrons. The number of anilines is 1. The summed E-state index contributed by atoms with van der Waals surface area (Å²) in [7, 11) is 3.46. The first-order valence-electron chi connectivity index (χ1n) is 5.20. The Bertz CT molecular complexity index is 420. The van der Waals surface area contributed by atoms with E-state index in [4.69, 9.17) is 18.0 Å². The summed E-state index contributed by atoms with van der Waals surface area (Å²) in [5.74, 6) is 0.741. The van der Waals surface area contributed by atoms with Gasteiger partial charge in [0.05, 0.1) is 0 Å². The zero-order chi connectivity index (χ0) is 12.8. The highest BCUT2D eigenvalue weighted by atomic mass is 32.1. The number of hydrogen-bond donors (Lipinski definition) is 2. The van der Waals surface area contributed by atoms with Gasteiger partial charge < -0.3 is 16.0 Å². The Morgan fingerprint density at radius 3 is 2.88 bits per heavy atom. The van der Waals surface area contributed by atoms with Gasteiger partial charge in [0.15, 0.2) is 0 Å². The number of nitrogens with one attached hydrogen (secondary N) is 1. The van der Waals surface area contributed by atoms with Gasteiger partial charge in [0, 0.05) is 38.8 Å². The molecule has 1 aromatic rings. The molecular formula is C11H16N4OS. The van der Waals surface area contributed by atoms with E-state index in [-0.39, 0.29) is 5.91 Å². The van der Waals surface area contributed by atoms with Gasteiger partial charge in [-0.05, 0) is 12.1 Å². The number of aromatic nitrogens is 1. The molecule has 0 aliphatic carbocycles. The molecule has 0 fully saturated rings. The molecule has 0 unspecified atom stereocenters. The van der Waals surface area contributed by atoms with Gasteiger partial charge in [-0.15, -0.1) is 0 Å². The van der Waals surface area contributed by atoms with Crippen LogP contribution in [-0.4, -0.2) is 41.4 Å². The molecule has 6 heteroatoms. The first kappa shape index (κ1) is 13.4. The Morgan fingerprint density at radius 2 is 2.29 bits per heavy atom. The molecule has 1 rings (SSSR count). The average Bonchev–Trinajstić information content (AvgIpc) is 2.29. The van der Waals surface area contributed by atoms with Gasteiger partial charge in [-0.3, -0.25) is 4.79 Å². The van der Waals surface area contributed by atoms with Crippen molar-refractivity contribution in [3.05, 3.63) is 23.9 Å². The van der Waals surface area contributed by atoms with Crippen LogP contribution in [0.5, 0.6) is 0 Å². The van der Waals surface area contributed by atoms with Gasteiger partial charge in [0.1, 0.15) is 10.8 Å². The van der Waals surface area contributed by atoms with Gasteiger partial charge in [-0.1, -0.05) is 12.2 Å². The maximum Gasteiger partial charge on any atom is 0.223 e. The second kappa shape index (κ2) is 6.15. The molecule has 0 saturated heterocycles. The molecule has 0 aliphatic rings. The number of hydrogen-bond acceptors (Lipinski definition) is 4. The number of nitrogens with zero attached hydrogens (tertiary/aromatic N) is 2. The normalized spacial score (nSPS) is 9.76. The fourth-order valence-electron chi connectivity index (χ4n) is 1.20. The summed E-state index contributed by atoms with van der Waals surface area (Å²) >= 11 is 4.87. The number of carbonyl (C=O) groups is 1. The van der Waals surface area contributed by atoms with Crippen molar-refractivity contribution in [2.24, 2.45) is 5.73 Å². The van der Waals surface area contributed by atoms with E-state index in [0.29, 0.717) is 23.8 Å². The summed E-state index contributed by atoms with van der Waals surface area (Å²) in [6.45, 7) is 0.533. The maximum absolute atomic E-state index is 11.3. The van der Waals surface area contributed by atoms with Crippen LogP contribution >= 0.6 is 12.2 Å². The number of rotatable bonds is 5. The number of pyridine rings is 1. The minimum Gasteiger partial charge on any atom is -0.389 e. The van der Waals surface area contributed by atoms with Crippen LogP contribution < -0.4 is 11.1 Å². The Hall–Kier alpha value is -1.69. The maximum atomic E-state index is 11.3. The molecule has 17 heavy (non-hydrogen) atoms. The summed E-state index contributed by atoms with van der Waals surface area (Å²) in [5, 5.41) is 3.05. The third-order valence-electron chi connectivity index (χ3n) is 2.19. The van der Waals surface area contributed by atoms with Crippen molar-refractivity contribution in [2.45, 2.75) is 6.42 Å². The Labute approximate surface area is 106 Å².